The first-order valence-electron chi connectivity index (χ1n) is 10.5. The summed E-state index contributed by atoms with van der Waals surface area (Å²) in [6, 6.07) is 17.9. The van der Waals surface area contributed by atoms with Gasteiger partial charge in [-0.25, -0.2) is 0 Å². The van der Waals surface area contributed by atoms with Gasteiger partial charge in [0.2, 0.25) is 0 Å². The zero-order valence-corrected chi connectivity index (χ0v) is 19.5. The molecule has 0 saturated heterocycles. The van der Waals surface area contributed by atoms with Crippen molar-refractivity contribution in [2.45, 2.75) is 6.92 Å². The van der Waals surface area contributed by atoms with Gasteiger partial charge in [-0.1, -0.05) is 23.7 Å². The van der Waals surface area contributed by atoms with Crippen LogP contribution in [0.15, 0.2) is 77.7 Å². The van der Waals surface area contributed by atoms with Gasteiger partial charge in [0.1, 0.15) is 17.2 Å². The van der Waals surface area contributed by atoms with Crippen LogP contribution in [0, 0.1) is 6.92 Å². The fourth-order valence-electron chi connectivity index (χ4n) is 3.22. The van der Waals surface area contributed by atoms with E-state index in [-0.39, 0.29) is 17.3 Å². The Morgan fingerprint density at radius 1 is 0.971 bits per heavy atom. The number of halogens is 1. The Morgan fingerprint density at radius 3 is 2.43 bits per heavy atom. The molecule has 4 rings (SSSR count). The third-order valence-electron chi connectivity index (χ3n) is 4.96. The third kappa shape index (κ3) is 5.36. The monoisotopic (exact) mass is 489 g/mol. The van der Waals surface area contributed by atoms with E-state index in [1.807, 2.05) is 0 Å². The smallest absolute Gasteiger partial charge is 0.276 e. The number of nitrogens with zero attached hydrogens (tertiary/aromatic N) is 3. The summed E-state index contributed by atoms with van der Waals surface area (Å²) >= 11 is 6.20. The van der Waals surface area contributed by atoms with Crippen LogP contribution in [-0.2, 0) is 0 Å². The van der Waals surface area contributed by atoms with Gasteiger partial charge in [-0.2, -0.15) is 9.78 Å². The molecule has 2 amide bonds. The summed E-state index contributed by atoms with van der Waals surface area (Å²) in [5, 5.41) is 9.86. The highest BCUT2D eigenvalue weighted by molar-refractivity contribution is 6.32. The lowest BCUT2D eigenvalue weighted by atomic mass is 10.2. The summed E-state index contributed by atoms with van der Waals surface area (Å²) in [4.78, 5) is 41.1. The van der Waals surface area contributed by atoms with E-state index in [0.717, 1.165) is 4.68 Å². The number of carbonyl (C=O) groups is 2. The molecule has 2 aromatic heterocycles. The molecule has 0 aliphatic heterocycles. The van der Waals surface area contributed by atoms with Crippen LogP contribution in [0.5, 0.6) is 11.5 Å². The molecule has 0 radical (unpaired) electrons. The lowest BCUT2D eigenvalue weighted by Gasteiger charge is -2.12. The number of carbonyl (C=O) groups excluding carboxylic acids is 2. The Bertz CT molecular complexity index is 1470. The lowest BCUT2D eigenvalue weighted by molar-refractivity contribution is 0.0956. The van der Waals surface area contributed by atoms with Crippen molar-refractivity contribution in [1.29, 1.82) is 0 Å². The topological polar surface area (TPSA) is 115 Å². The number of pyridine rings is 1. The quantitative estimate of drug-likeness (QED) is 0.423. The number of ether oxygens (including phenoxy) is 1. The number of anilines is 1. The molecular weight excluding hydrogens is 470 g/mol. The van der Waals surface area contributed by atoms with Crippen molar-refractivity contribution in [3.8, 4) is 17.2 Å². The van der Waals surface area contributed by atoms with E-state index in [1.54, 1.807) is 61.5 Å². The number of benzene rings is 2. The molecule has 2 heterocycles. The molecule has 0 saturated carbocycles. The second kappa shape index (κ2) is 10.2. The van der Waals surface area contributed by atoms with Crippen molar-refractivity contribution >= 4 is 29.1 Å². The predicted molar refractivity (Wildman–Crippen MR) is 132 cm³/mol. The van der Waals surface area contributed by atoms with E-state index >= 15 is 0 Å². The summed E-state index contributed by atoms with van der Waals surface area (Å²) in [7, 11) is 1.52. The van der Waals surface area contributed by atoms with Gasteiger partial charge in [0, 0.05) is 31.1 Å². The average molecular weight is 490 g/mol. The van der Waals surface area contributed by atoms with Crippen LogP contribution in [-0.4, -0.2) is 33.6 Å². The number of rotatable bonds is 6. The molecule has 0 aliphatic carbocycles. The van der Waals surface area contributed by atoms with Gasteiger partial charge < -0.3 is 15.4 Å². The van der Waals surface area contributed by atoms with Crippen LogP contribution >= 0.6 is 11.6 Å². The molecule has 0 aliphatic rings. The van der Waals surface area contributed by atoms with Crippen LogP contribution in [0.4, 0.5) is 5.69 Å². The molecule has 0 atom stereocenters. The normalized spacial score (nSPS) is 10.5. The summed E-state index contributed by atoms with van der Waals surface area (Å²) < 4.78 is 6.87. The standard InChI is InChI=1S/C25H20ClN5O4/c1-15-13-22(32)31(21-6-4-3-5-19(21)26)30-23(15)25(34)29-16-7-9-17(10-8-16)35-18-11-12-28-20(14-18)24(33)27-2/h3-14H,1-2H3,(H,27,33)(H,29,34). The number of aryl methyl sites for hydroxylation is 1. The zero-order valence-electron chi connectivity index (χ0n) is 18.8. The number of hydrogen-bond acceptors (Lipinski definition) is 6. The molecule has 10 heteroatoms. The SMILES string of the molecule is CNC(=O)c1cc(Oc2ccc(NC(=O)c3nn(-c4ccccc4Cl)c(=O)cc3C)cc2)ccn1. The number of para-hydroxylation sites is 1. The summed E-state index contributed by atoms with van der Waals surface area (Å²) in [6.45, 7) is 1.64. The minimum atomic E-state index is -0.485. The summed E-state index contributed by atoms with van der Waals surface area (Å²) in [5.74, 6) is 0.135. The van der Waals surface area contributed by atoms with Crippen molar-refractivity contribution in [2.75, 3.05) is 12.4 Å². The largest absolute Gasteiger partial charge is 0.457 e. The van der Waals surface area contributed by atoms with Gasteiger partial charge in [0.05, 0.1) is 10.7 Å². The predicted octanol–water partition coefficient (Wildman–Crippen LogP) is 3.99. The van der Waals surface area contributed by atoms with Gasteiger partial charge in [0.25, 0.3) is 17.4 Å². The van der Waals surface area contributed by atoms with Gasteiger partial charge in [-0.3, -0.25) is 19.4 Å². The van der Waals surface area contributed by atoms with Crippen molar-refractivity contribution in [3.63, 3.8) is 0 Å². The Morgan fingerprint density at radius 2 is 1.71 bits per heavy atom. The molecule has 35 heavy (non-hydrogen) atoms. The van der Waals surface area contributed by atoms with Gasteiger partial charge >= 0.3 is 0 Å². The maximum atomic E-state index is 12.9. The number of nitrogens with one attached hydrogen (secondary N) is 2. The van der Waals surface area contributed by atoms with Crippen molar-refractivity contribution in [3.05, 3.63) is 105 Å². The van der Waals surface area contributed by atoms with Crippen LogP contribution in [0.1, 0.15) is 26.5 Å². The van der Waals surface area contributed by atoms with E-state index in [1.165, 1.54) is 25.4 Å². The van der Waals surface area contributed by atoms with Gasteiger partial charge in [-0.15, -0.1) is 0 Å². The molecular formula is C25H20ClN5O4. The number of amides is 2. The molecule has 2 N–H and O–H groups in total. The highest BCUT2D eigenvalue weighted by Crippen LogP contribution is 2.24. The second-order valence-corrected chi connectivity index (χ2v) is 7.82. The maximum absolute atomic E-state index is 12.9. The summed E-state index contributed by atoms with van der Waals surface area (Å²) in [5.41, 5.74) is 1.23. The lowest BCUT2D eigenvalue weighted by Crippen LogP contribution is -2.26. The second-order valence-electron chi connectivity index (χ2n) is 7.41. The third-order valence-corrected chi connectivity index (χ3v) is 5.28. The van der Waals surface area contributed by atoms with Crippen LogP contribution in [0.25, 0.3) is 5.69 Å². The van der Waals surface area contributed by atoms with E-state index < -0.39 is 11.5 Å². The molecule has 176 valence electrons. The first-order chi connectivity index (χ1) is 16.9. The van der Waals surface area contributed by atoms with Crippen molar-refractivity contribution < 1.29 is 14.3 Å². The van der Waals surface area contributed by atoms with E-state index in [2.05, 4.69) is 20.7 Å². The van der Waals surface area contributed by atoms with Crippen LogP contribution < -0.4 is 20.9 Å². The fourth-order valence-corrected chi connectivity index (χ4v) is 3.44. The number of aromatic nitrogens is 3. The van der Waals surface area contributed by atoms with Gasteiger partial charge in [-0.05, 0) is 55.0 Å². The van der Waals surface area contributed by atoms with Crippen LogP contribution in [0.2, 0.25) is 5.02 Å². The molecule has 2 aromatic carbocycles. The Hall–Kier alpha value is -4.50. The highest BCUT2D eigenvalue weighted by atomic mass is 35.5. The van der Waals surface area contributed by atoms with E-state index in [9.17, 15) is 14.4 Å². The maximum Gasteiger partial charge on any atom is 0.276 e. The summed E-state index contributed by atoms with van der Waals surface area (Å²) in [6.07, 6.45) is 1.48. The molecule has 0 bridgehead atoms. The first-order valence-corrected chi connectivity index (χ1v) is 10.9. The van der Waals surface area contributed by atoms with E-state index in [0.29, 0.717) is 33.5 Å². The molecule has 4 aromatic rings. The fraction of sp³-hybridized carbons (Fsp3) is 0.0800. The average Bonchev–Trinajstić information content (AvgIpc) is 2.85. The first kappa shape index (κ1) is 23.7. The molecule has 9 nitrogen and oxygen atoms in total. The zero-order chi connectivity index (χ0) is 24.9. The minimum absolute atomic E-state index is 0.0864. The van der Waals surface area contributed by atoms with Crippen molar-refractivity contribution in [1.82, 2.24) is 20.1 Å². The molecule has 0 fully saturated rings. The Kier molecular flexibility index (Phi) is 6.88. The Labute approximate surface area is 205 Å². The molecule has 0 spiro atoms. The number of hydrogen-bond donors (Lipinski definition) is 2. The van der Waals surface area contributed by atoms with Crippen molar-refractivity contribution in [2.24, 2.45) is 0 Å². The molecule has 0 unspecified atom stereocenters. The van der Waals surface area contributed by atoms with Gasteiger partial charge in [0.15, 0.2) is 5.69 Å². The van der Waals surface area contributed by atoms with E-state index in [4.69, 9.17) is 16.3 Å². The van der Waals surface area contributed by atoms with Crippen LogP contribution in [0.3, 0.4) is 0 Å². The highest BCUT2D eigenvalue weighted by Gasteiger charge is 2.16. The Balaban J connectivity index is 1.51. The minimum Gasteiger partial charge on any atom is -0.457 e.